The van der Waals surface area contributed by atoms with E-state index in [9.17, 15) is 13.2 Å². The number of hydrogen-bond donors (Lipinski definition) is 2. The Bertz CT molecular complexity index is 744. The van der Waals surface area contributed by atoms with Crippen molar-refractivity contribution in [2.45, 2.75) is 32.7 Å². The first-order chi connectivity index (χ1) is 13.4. The summed E-state index contributed by atoms with van der Waals surface area (Å²) in [7, 11) is 1.70. The molecule has 0 aliphatic carbocycles. The monoisotopic (exact) mass is 394 g/mol. The minimum atomic E-state index is -4.30. The van der Waals surface area contributed by atoms with Gasteiger partial charge in [0.2, 0.25) is 0 Å². The Morgan fingerprint density at radius 2 is 1.71 bits per heavy atom. The van der Waals surface area contributed by atoms with Crippen LogP contribution in [-0.2, 0) is 24.3 Å². The van der Waals surface area contributed by atoms with Gasteiger partial charge in [0, 0.05) is 32.0 Å². The van der Waals surface area contributed by atoms with E-state index >= 15 is 0 Å². The fourth-order valence-electron chi connectivity index (χ4n) is 2.42. The quantitative estimate of drug-likeness (QED) is 0.532. The number of rotatable bonds is 8. The van der Waals surface area contributed by atoms with Crippen LogP contribution in [0.1, 0.15) is 22.4 Å². The number of guanidine groups is 1. The summed E-state index contributed by atoms with van der Waals surface area (Å²) in [4.78, 5) is 8.45. The SMILES string of the molecule is CN=C(NCCc1ccc(C)nc1)NCc1ccc(COCC(F)(F)F)cc1. The second-order valence-corrected chi connectivity index (χ2v) is 6.33. The van der Waals surface area contributed by atoms with Gasteiger partial charge in [-0.15, -0.1) is 0 Å². The minimum absolute atomic E-state index is 0.0652. The van der Waals surface area contributed by atoms with Crippen LogP contribution in [0, 0.1) is 6.92 Å². The van der Waals surface area contributed by atoms with E-state index in [0.29, 0.717) is 18.1 Å². The topological polar surface area (TPSA) is 58.5 Å². The van der Waals surface area contributed by atoms with Gasteiger partial charge >= 0.3 is 6.18 Å². The molecule has 2 rings (SSSR count). The van der Waals surface area contributed by atoms with Gasteiger partial charge < -0.3 is 15.4 Å². The van der Waals surface area contributed by atoms with Crippen molar-refractivity contribution in [3.05, 3.63) is 65.0 Å². The summed E-state index contributed by atoms with van der Waals surface area (Å²) >= 11 is 0. The Morgan fingerprint density at radius 1 is 1.04 bits per heavy atom. The molecule has 0 bridgehead atoms. The average Bonchev–Trinajstić information content (AvgIpc) is 2.66. The molecular weight excluding hydrogens is 369 g/mol. The molecule has 2 aromatic rings. The maximum Gasteiger partial charge on any atom is 0.411 e. The van der Waals surface area contributed by atoms with Gasteiger partial charge in [-0.05, 0) is 36.1 Å². The van der Waals surface area contributed by atoms with Crippen molar-refractivity contribution >= 4 is 5.96 Å². The van der Waals surface area contributed by atoms with Gasteiger partial charge in [0.15, 0.2) is 5.96 Å². The number of aliphatic imine (C=N–C) groups is 1. The number of pyridine rings is 1. The molecule has 0 unspecified atom stereocenters. The molecule has 0 atom stereocenters. The van der Waals surface area contributed by atoms with E-state index in [1.165, 1.54) is 0 Å². The number of ether oxygens (including phenoxy) is 1. The molecule has 1 aromatic carbocycles. The van der Waals surface area contributed by atoms with E-state index in [1.807, 2.05) is 31.3 Å². The first kappa shape index (κ1) is 21.7. The molecule has 2 N–H and O–H groups in total. The zero-order valence-electron chi connectivity index (χ0n) is 16.0. The fourth-order valence-corrected chi connectivity index (χ4v) is 2.42. The van der Waals surface area contributed by atoms with Crippen LogP contribution in [0.3, 0.4) is 0 Å². The highest BCUT2D eigenvalue weighted by Gasteiger charge is 2.27. The van der Waals surface area contributed by atoms with Crippen molar-refractivity contribution < 1.29 is 17.9 Å². The van der Waals surface area contributed by atoms with E-state index < -0.39 is 12.8 Å². The molecule has 5 nitrogen and oxygen atoms in total. The minimum Gasteiger partial charge on any atom is -0.367 e. The van der Waals surface area contributed by atoms with Crippen LogP contribution in [-0.4, -0.2) is 37.3 Å². The molecule has 1 heterocycles. The third-order valence-electron chi connectivity index (χ3n) is 3.92. The summed E-state index contributed by atoms with van der Waals surface area (Å²) in [6.45, 7) is 1.92. The predicted octanol–water partition coefficient (Wildman–Crippen LogP) is 3.38. The molecule has 0 aliphatic rings. The Morgan fingerprint density at radius 3 is 2.32 bits per heavy atom. The highest BCUT2D eigenvalue weighted by molar-refractivity contribution is 5.79. The van der Waals surface area contributed by atoms with Gasteiger partial charge in [0.25, 0.3) is 0 Å². The molecule has 28 heavy (non-hydrogen) atoms. The highest BCUT2D eigenvalue weighted by atomic mass is 19.4. The number of aryl methyl sites for hydroxylation is 1. The number of nitrogens with zero attached hydrogens (tertiary/aromatic N) is 2. The summed E-state index contributed by atoms with van der Waals surface area (Å²) in [5.41, 5.74) is 3.83. The van der Waals surface area contributed by atoms with Crippen LogP contribution >= 0.6 is 0 Å². The lowest BCUT2D eigenvalue weighted by atomic mass is 10.1. The van der Waals surface area contributed by atoms with Crippen molar-refractivity contribution in [1.29, 1.82) is 0 Å². The molecule has 0 spiro atoms. The largest absolute Gasteiger partial charge is 0.411 e. The fraction of sp³-hybridized carbons (Fsp3) is 0.400. The Hall–Kier alpha value is -2.61. The molecule has 0 aliphatic heterocycles. The lowest BCUT2D eigenvalue weighted by Crippen LogP contribution is -2.37. The van der Waals surface area contributed by atoms with Gasteiger partial charge in [-0.3, -0.25) is 9.98 Å². The van der Waals surface area contributed by atoms with E-state index in [2.05, 4.69) is 31.4 Å². The molecule has 0 amide bonds. The smallest absolute Gasteiger partial charge is 0.367 e. The number of alkyl halides is 3. The van der Waals surface area contributed by atoms with Crippen LogP contribution in [0.15, 0.2) is 47.6 Å². The Labute approximate surface area is 163 Å². The van der Waals surface area contributed by atoms with Crippen molar-refractivity contribution in [2.75, 3.05) is 20.2 Å². The second kappa shape index (κ2) is 10.7. The van der Waals surface area contributed by atoms with Gasteiger partial charge in [-0.2, -0.15) is 13.2 Å². The van der Waals surface area contributed by atoms with E-state index in [-0.39, 0.29) is 6.61 Å². The third-order valence-corrected chi connectivity index (χ3v) is 3.92. The van der Waals surface area contributed by atoms with E-state index in [4.69, 9.17) is 0 Å². The van der Waals surface area contributed by atoms with Crippen LogP contribution in [0.2, 0.25) is 0 Å². The van der Waals surface area contributed by atoms with Gasteiger partial charge in [-0.25, -0.2) is 0 Å². The maximum absolute atomic E-state index is 12.1. The van der Waals surface area contributed by atoms with Crippen LogP contribution in [0.4, 0.5) is 13.2 Å². The lowest BCUT2D eigenvalue weighted by molar-refractivity contribution is -0.176. The third kappa shape index (κ3) is 8.39. The molecule has 0 saturated heterocycles. The molecular formula is C20H25F3N4O. The normalized spacial score (nSPS) is 12.1. The van der Waals surface area contributed by atoms with Crippen molar-refractivity contribution in [2.24, 2.45) is 4.99 Å². The Balaban J connectivity index is 1.71. The molecule has 0 fully saturated rings. The lowest BCUT2D eigenvalue weighted by Gasteiger charge is -2.12. The van der Waals surface area contributed by atoms with Gasteiger partial charge in [0.05, 0.1) is 6.61 Å². The van der Waals surface area contributed by atoms with Gasteiger partial charge in [-0.1, -0.05) is 30.3 Å². The second-order valence-electron chi connectivity index (χ2n) is 6.33. The van der Waals surface area contributed by atoms with Crippen molar-refractivity contribution in [1.82, 2.24) is 15.6 Å². The summed E-state index contributed by atoms with van der Waals surface area (Å²) in [6, 6.07) is 11.3. The molecule has 0 saturated carbocycles. The zero-order chi connectivity index (χ0) is 20.4. The molecule has 8 heteroatoms. The van der Waals surface area contributed by atoms with Gasteiger partial charge in [0.1, 0.15) is 6.61 Å². The Kier molecular flexibility index (Phi) is 8.25. The summed E-state index contributed by atoms with van der Waals surface area (Å²) in [6.07, 6.45) is -1.60. The number of hydrogen-bond acceptors (Lipinski definition) is 3. The number of nitrogens with one attached hydrogen (secondary N) is 2. The summed E-state index contributed by atoms with van der Waals surface area (Å²) in [5.74, 6) is 0.678. The summed E-state index contributed by atoms with van der Waals surface area (Å²) < 4.78 is 40.9. The van der Waals surface area contributed by atoms with Crippen molar-refractivity contribution in [3.63, 3.8) is 0 Å². The first-order valence-corrected chi connectivity index (χ1v) is 8.94. The number of benzene rings is 1. The van der Waals surface area contributed by atoms with E-state index in [1.54, 1.807) is 19.2 Å². The highest BCUT2D eigenvalue weighted by Crippen LogP contribution is 2.15. The zero-order valence-corrected chi connectivity index (χ0v) is 16.0. The average molecular weight is 394 g/mol. The van der Waals surface area contributed by atoms with Crippen LogP contribution < -0.4 is 10.6 Å². The number of aromatic nitrogens is 1. The standard InChI is InChI=1S/C20H25F3N4O/c1-15-3-4-17(11-26-15)9-10-25-19(24-2)27-12-16-5-7-18(8-6-16)13-28-14-20(21,22)23/h3-8,11H,9-10,12-14H2,1-2H3,(H2,24,25,27). The van der Waals surface area contributed by atoms with Crippen LogP contribution in [0.5, 0.6) is 0 Å². The first-order valence-electron chi connectivity index (χ1n) is 8.94. The molecule has 1 aromatic heterocycles. The maximum atomic E-state index is 12.1. The van der Waals surface area contributed by atoms with Crippen molar-refractivity contribution in [3.8, 4) is 0 Å². The molecule has 152 valence electrons. The summed E-state index contributed by atoms with van der Waals surface area (Å²) in [5, 5.41) is 6.45. The van der Waals surface area contributed by atoms with E-state index in [0.717, 1.165) is 29.8 Å². The number of halogens is 3. The predicted molar refractivity (Wildman–Crippen MR) is 103 cm³/mol. The molecule has 0 radical (unpaired) electrons. The van der Waals surface area contributed by atoms with Crippen LogP contribution in [0.25, 0.3) is 0 Å².